The van der Waals surface area contributed by atoms with Crippen LogP contribution < -0.4 is 11.3 Å². The number of pyridine rings is 1. The first kappa shape index (κ1) is 14.2. The highest BCUT2D eigenvalue weighted by Gasteiger charge is 2.39. The van der Waals surface area contributed by atoms with Gasteiger partial charge in [0.1, 0.15) is 0 Å². The molecule has 0 spiro atoms. The van der Waals surface area contributed by atoms with Crippen LogP contribution in [0.5, 0.6) is 0 Å². The molecule has 0 amide bonds. The fraction of sp³-hybridized carbons (Fsp3) is 0.583. The second kappa shape index (κ2) is 5.44. The summed E-state index contributed by atoms with van der Waals surface area (Å²) < 4.78 is 27.0. The second-order valence-corrected chi connectivity index (χ2v) is 7.01. The molecule has 3 N–H and O–H groups in total. The first-order valence-electron chi connectivity index (χ1n) is 6.40. The number of nitrogens with one attached hydrogen (secondary N) is 1. The Balaban J connectivity index is 2.39. The van der Waals surface area contributed by atoms with Crippen molar-refractivity contribution in [3.63, 3.8) is 0 Å². The molecule has 0 saturated heterocycles. The highest BCUT2D eigenvalue weighted by Crippen LogP contribution is 2.33. The van der Waals surface area contributed by atoms with Gasteiger partial charge in [-0.2, -0.15) is 4.31 Å². The fourth-order valence-corrected chi connectivity index (χ4v) is 3.90. The number of rotatable bonds is 6. The molecule has 2 rings (SSSR count). The van der Waals surface area contributed by atoms with Crippen LogP contribution in [0, 0.1) is 5.92 Å². The van der Waals surface area contributed by atoms with Crippen LogP contribution in [0.3, 0.4) is 0 Å². The van der Waals surface area contributed by atoms with E-state index < -0.39 is 10.0 Å². The molecule has 1 aromatic rings. The molecule has 0 aromatic carbocycles. The van der Waals surface area contributed by atoms with E-state index in [-0.39, 0.29) is 17.0 Å². The van der Waals surface area contributed by atoms with Gasteiger partial charge in [-0.15, -0.1) is 0 Å². The van der Waals surface area contributed by atoms with Crippen molar-refractivity contribution in [2.45, 2.75) is 37.8 Å². The van der Waals surface area contributed by atoms with Crippen LogP contribution in [0.2, 0.25) is 0 Å². The minimum absolute atomic E-state index is 0.00468. The molecule has 0 unspecified atom stereocenters. The topological polar surface area (TPSA) is 88.3 Å². The van der Waals surface area contributed by atoms with Crippen LogP contribution in [0.25, 0.3) is 0 Å². The van der Waals surface area contributed by atoms with Gasteiger partial charge in [-0.3, -0.25) is 5.84 Å². The van der Waals surface area contributed by atoms with E-state index in [1.807, 2.05) is 13.8 Å². The van der Waals surface area contributed by atoms with Gasteiger partial charge in [0, 0.05) is 18.8 Å². The fourth-order valence-electron chi connectivity index (χ4n) is 1.98. The largest absolute Gasteiger partial charge is 0.321 e. The Hall–Kier alpha value is -1.18. The Bertz CT molecular complexity index is 540. The average molecular weight is 284 g/mol. The molecule has 0 radical (unpaired) electrons. The quantitative estimate of drug-likeness (QED) is 0.605. The number of hydrogen-bond acceptors (Lipinski definition) is 5. The van der Waals surface area contributed by atoms with Crippen molar-refractivity contribution in [2.75, 3.05) is 12.0 Å². The van der Waals surface area contributed by atoms with Gasteiger partial charge < -0.3 is 5.43 Å². The Morgan fingerprint density at radius 1 is 1.53 bits per heavy atom. The maximum absolute atomic E-state index is 12.7. The molecule has 1 fully saturated rings. The van der Waals surface area contributed by atoms with Gasteiger partial charge >= 0.3 is 0 Å². The number of nitrogens with zero attached hydrogens (tertiary/aromatic N) is 2. The van der Waals surface area contributed by atoms with Gasteiger partial charge in [0.25, 0.3) is 10.0 Å². The second-order valence-electron chi connectivity index (χ2n) is 5.20. The van der Waals surface area contributed by atoms with E-state index >= 15 is 0 Å². The lowest BCUT2D eigenvalue weighted by Crippen LogP contribution is -2.37. The maximum Gasteiger partial charge on any atom is 0.262 e. The molecule has 106 valence electrons. The molecule has 1 saturated carbocycles. The molecule has 1 heterocycles. The molecular formula is C12H20N4O2S. The van der Waals surface area contributed by atoms with Crippen LogP contribution in [-0.2, 0) is 10.0 Å². The van der Waals surface area contributed by atoms with Crippen molar-refractivity contribution < 1.29 is 8.42 Å². The van der Waals surface area contributed by atoms with Gasteiger partial charge in [-0.1, -0.05) is 13.8 Å². The third-order valence-corrected chi connectivity index (χ3v) is 4.86. The van der Waals surface area contributed by atoms with E-state index in [0.29, 0.717) is 12.2 Å². The average Bonchev–Trinajstić information content (AvgIpc) is 3.19. The van der Waals surface area contributed by atoms with Crippen LogP contribution in [-0.4, -0.2) is 30.3 Å². The first-order valence-corrected chi connectivity index (χ1v) is 7.84. The van der Waals surface area contributed by atoms with Crippen LogP contribution in [0.4, 0.5) is 5.69 Å². The van der Waals surface area contributed by atoms with Crippen molar-refractivity contribution in [1.82, 2.24) is 9.29 Å². The highest BCUT2D eigenvalue weighted by molar-refractivity contribution is 7.89. The lowest BCUT2D eigenvalue weighted by molar-refractivity contribution is 0.359. The molecule has 1 aliphatic rings. The Labute approximate surface area is 114 Å². The number of hydrogen-bond donors (Lipinski definition) is 2. The monoisotopic (exact) mass is 284 g/mol. The molecule has 19 heavy (non-hydrogen) atoms. The lowest BCUT2D eigenvalue weighted by atomic mass is 10.2. The molecule has 0 aliphatic heterocycles. The van der Waals surface area contributed by atoms with Crippen LogP contribution >= 0.6 is 0 Å². The van der Waals surface area contributed by atoms with Crippen molar-refractivity contribution in [3.05, 3.63) is 18.3 Å². The normalized spacial score (nSPS) is 16.1. The molecule has 0 atom stereocenters. The first-order chi connectivity index (χ1) is 8.96. The van der Waals surface area contributed by atoms with E-state index in [4.69, 9.17) is 5.84 Å². The van der Waals surface area contributed by atoms with E-state index in [9.17, 15) is 8.42 Å². The van der Waals surface area contributed by atoms with Gasteiger partial charge in [0.05, 0.1) is 5.69 Å². The van der Waals surface area contributed by atoms with Crippen molar-refractivity contribution in [2.24, 2.45) is 11.8 Å². The summed E-state index contributed by atoms with van der Waals surface area (Å²) in [6.07, 6.45) is 3.31. The predicted molar refractivity (Wildman–Crippen MR) is 73.8 cm³/mol. The zero-order valence-corrected chi connectivity index (χ0v) is 12.0. The summed E-state index contributed by atoms with van der Waals surface area (Å²) in [5.41, 5.74) is 2.73. The summed E-state index contributed by atoms with van der Waals surface area (Å²) in [5, 5.41) is 0.00468. The maximum atomic E-state index is 12.7. The van der Waals surface area contributed by atoms with Gasteiger partial charge in [0.15, 0.2) is 5.03 Å². The summed E-state index contributed by atoms with van der Waals surface area (Å²) in [6, 6.07) is 3.37. The molecular weight excluding hydrogens is 264 g/mol. The smallest absolute Gasteiger partial charge is 0.262 e. The Kier molecular flexibility index (Phi) is 4.07. The molecule has 6 nitrogen and oxygen atoms in total. The summed E-state index contributed by atoms with van der Waals surface area (Å²) in [6.45, 7) is 4.52. The number of hydrazine groups is 1. The number of aromatic nitrogens is 1. The summed E-state index contributed by atoms with van der Waals surface area (Å²) >= 11 is 0. The van der Waals surface area contributed by atoms with Crippen molar-refractivity contribution >= 4 is 15.7 Å². The summed E-state index contributed by atoms with van der Waals surface area (Å²) in [5.74, 6) is 5.64. The van der Waals surface area contributed by atoms with Gasteiger partial charge in [-0.25, -0.2) is 13.4 Å². The number of sulfonamides is 1. The standard InChI is InChI=1S/C12H20N4O2S/c1-9(2)8-16(10-5-6-10)19(17,18)12-11(15-13)4-3-7-14-12/h3-4,7,9-10,15H,5-6,8,13H2,1-2H3. The van der Waals surface area contributed by atoms with Crippen LogP contribution in [0.1, 0.15) is 26.7 Å². The molecule has 1 aromatic heterocycles. The minimum Gasteiger partial charge on any atom is -0.321 e. The SMILES string of the molecule is CC(C)CN(C1CC1)S(=O)(=O)c1ncccc1NN. The van der Waals surface area contributed by atoms with Gasteiger partial charge in [-0.05, 0) is 30.9 Å². The van der Waals surface area contributed by atoms with Crippen molar-refractivity contribution in [3.8, 4) is 0 Å². The number of anilines is 1. The highest BCUT2D eigenvalue weighted by atomic mass is 32.2. The number of nitrogens with two attached hydrogens (primary N) is 1. The third-order valence-electron chi connectivity index (χ3n) is 2.98. The molecule has 0 bridgehead atoms. The summed E-state index contributed by atoms with van der Waals surface area (Å²) in [4.78, 5) is 3.99. The predicted octanol–water partition coefficient (Wildman–Crippen LogP) is 1.18. The van der Waals surface area contributed by atoms with Crippen molar-refractivity contribution in [1.29, 1.82) is 0 Å². The van der Waals surface area contributed by atoms with Gasteiger partial charge in [0.2, 0.25) is 0 Å². The molecule has 1 aliphatic carbocycles. The Morgan fingerprint density at radius 3 is 2.74 bits per heavy atom. The minimum atomic E-state index is -3.60. The Morgan fingerprint density at radius 2 is 2.21 bits per heavy atom. The van der Waals surface area contributed by atoms with E-state index in [1.165, 1.54) is 6.20 Å². The van der Waals surface area contributed by atoms with E-state index in [1.54, 1.807) is 16.4 Å². The number of nitrogen functional groups attached to an aromatic ring is 1. The summed E-state index contributed by atoms with van der Waals surface area (Å²) in [7, 11) is -3.60. The zero-order valence-electron chi connectivity index (χ0n) is 11.2. The van der Waals surface area contributed by atoms with E-state index in [0.717, 1.165) is 12.8 Å². The third kappa shape index (κ3) is 3.05. The van der Waals surface area contributed by atoms with Crippen LogP contribution in [0.15, 0.2) is 23.4 Å². The molecule has 7 heteroatoms. The van der Waals surface area contributed by atoms with E-state index in [2.05, 4.69) is 10.4 Å². The lowest BCUT2D eigenvalue weighted by Gasteiger charge is -2.24. The zero-order chi connectivity index (χ0) is 14.0.